The van der Waals surface area contributed by atoms with E-state index >= 15 is 0 Å². The Kier molecular flexibility index (Phi) is 8.44. The number of nitrogens with zero attached hydrogens (tertiary/aromatic N) is 4. The third-order valence-corrected chi connectivity index (χ3v) is 7.86. The maximum absolute atomic E-state index is 12.7. The second-order valence-corrected chi connectivity index (χ2v) is 10.4. The van der Waals surface area contributed by atoms with Gasteiger partial charge >= 0.3 is 0 Å². The first-order valence-corrected chi connectivity index (χ1v) is 13.4. The van der Waals surface area contributed by atoms with Gasteiger partial charge in [0, 0.05) is 32.0 Å². The molecule has 5 rings (SSSR count). The zero-order valence-electron chi connectivity index (χ0n) is 20.7. The van der Waals surface area contributed by atoms with Crippen LogP contribution in [0.5, 0.6) is 0 Å². The van der Waals surface area contributed by atoms with Gasteiger partial charge in [0.05, 0.1) is 25.8 Å². The number of nitrogens with one attached hydrogen (secondary N) is 1. The van der Waals surface area contributed by atoms with Crippen molar-refractivity contribution >= 4 is 5.91 Å². The lowest BCUT2D eigenvalue weighted by Crippen LogP contribution is -2.37. The molecule has 3 aliphatic rings. The van der Waals surface area contributed by atoms with E-state index in [4.69, 9.17) is 14.2 Å². The van der Waals surface area contributed by atoms with E-state index in [2.05, 4.69) is 44.5 Å². The molecule has 1 N–H and O–H groups in total. The molecule has 2 aliphatic heterocycles. The molecule has 0 unspecified atom stereocenters. The third kappa shape index (κ3) is 6.90. The predicted octanol–water partition coefficient (Wildman–Crippen LogP) is 3.52. The first-order valence-electron chi connectivity index (χ1n) is 13.4. The van der Waals surface area contributed by atoms with Gasteiger partial charge in [0.15, 0.2) is 5.82 Å². The quantitative estimate of drug-likeness (QED) is 0.556. The molecule has 0 radical (unpaired) electrons. The van der Waals surface area contributed by atoms with Gasteiger partial charge in [-0.25, -0.2) is 0 Å². The van der Waals surface area contributed by atoms with Crippen LogP contribution >= 0.6 is 0 Å². The number of hydrogen-bond donors (Lipinski definition) is 1. The average Bonchev–Trinajstić information content (AvgIpc) is 3.34. The van der Waals surface area contributed by atoms with Crippen LogP contribution in [0.3, 0.4) is 0 Å². The molecule has 1 atom stereocenters. The number of aromatic nitrogens is 2. The summed E-state index contributed by atoms with van der Waals surface area (Å²) in [4.78, 5) is 22.2. The molecule has 2 aromatic rings. The van der Waals surface area contributed by atoms with E-state index in [1.807, 2.05) is 6.07 Å². The summed E-state index contributed by atoms with van der Waals surface area (Å²) in [5, 5.41) is 7.57. The Morgan fingerprint density at radius 3 is 2.51 bits per heavy atom. The summed E-state index contributed by atoms with van der Waals surface area (Å²) in [5.74, 6) is 2.70. The minimum absolute atomic E-state index is 0.0696. The lowest BCUT2D eigenvalue weighted by Gasteiger charge is -2.32. The van der Waals surface area contributed by atoms with E-state index in [0.717, 1.165) is 83.5 Å². The van der Waals surface area contributed by atoms with Gasteiger partial charge in [0.2, 0.25) is 11.8 Å². The molecule has 1 aromatic heterocycles. The number of likely N-dealkylation sites (tertiary alicyclic amines) is 1. The van der Waals surface area contributed by atoms with Crippen LogP contribution in [0.4, 0.5) is 0 Å². The average molecular weight is 482 g/mol. The van der Waals surface area contributed by atoms with Crippen LogP contribution in [-0.2, 0) is 16.1 Å². The minimum Gasteiger partial charge on any atom is -0.379 e. The number of ether oxygens (including phenoxy) is 1. The fraction of sp³-hybridized carbons (Fsp3) is 0.667. The summed E-state index contributed by atoms with van der Waals surface area (Å²) < 4.78 is 11.1. The normalized spacial score (nSPS) is 21.5. The maximum Gasteiger partial charge on any atom is 0.229 e. The Morgan fingerprint density at radius 1 is 1.03 bits per heavy atom. The van der Waals surface area contributed by atoms with Gasteiger partial charge in [0.1, 0.15) is 0 Å². The zero-order chi connectivity index (χ0) is 23.9. The lowest BCUT2D eigenvalue weighted by atomic mass is 9.83. The highest BCUT2D eigenvalue weighted by Gasteiger charge is 2.27. The number of rotatable bonds is 10. The highest BCUT2D eigenvalue weighted by Crippen LogP contribution is 2.30. The molecule has 3 heterocycles. The third-order valence-electron chi connectivity index (χ3n) is 7.86. The van der Waals surface area contributed by atoms with Gasteiger partial charge in [-0.15, -0.1) is 0 Å². The Hall–Kier alpha value is -2.29. The number of morpholine rings is 1. The summed E-state index contributed by atoms with van der Waals surface area (Å²) in [5.41, 5.74) is 1.20. The summed E-state index contributed by atoms with van der Waals surface area (Å²) >= 11 is 0. The first-order chi connectivity index (χ1) is 17.2. The van der Waals surface area contributed by atoms with Crippen molar-refractivity contribution in [3.05, 3.63) is 47.6 Å². The number of hydrogen-bond acceptors (Lipinski definition) is 7. The summed E-state index contributed by atoms with van der Waals surface area (Å²) in [6.07, 6.45) is 7.34. The molecule has 1 aromatic carbocycles. The molecule has 0 spiro atoms. The SMILES string of the molecule is O=C(CC1CCC1)N[C@@H](CCN1CCC(c2nc(CN3CCOCC3)no2)CC1)c1ccccc1. The number of amides is 1. The monoisotopic (exact) mass is 481 g/mol. The van der Waals surface area contributed by atoms with Crippen LogP contribution in [0.15, 0.2) is 34.9 Å². The van der Waals surface area contributed by atoms with Crippen LogP contribution in [0.1, 0.15) is 74.2 Å². The Balaban J connectivity index is 1.09. The topological polar surface area (TPSA) is 83.7 Å². The number of carbonyl (C=O) groups excluding carboxylic acids is 1. The maximum atomic E-state index is 12.7. The predicted molar refractivity (Wildman–Crippen MR) is 133 cm³/mol. The van der Waals surface area contributed by atoms with Crippen molar-refractivity contribution in [2.45, 2.75) is 63.5 Å². The van der Waals surface area contributed by atoms with E-state index in [9.17, 15) is 4.79 Å². The van der Waals surface area contributed by atoms with Gasteiger partial charge in [-0.2, -0.15) is 4.98 Å². The molecule has 190 valence electrons. The Labute approximate surface area is 208 Å². The van der Waals surface area contributed by atoms with E-state index in [1.54, 1.807) is 0 Å². The largest absolute Gasteiger partial charge is 0.379 e. The number of carbonyl (C=O) groups is 1. The molecule has 8 nitrogen and oxygen atoms in total. The lowest BCUT2D eigenvalue weighted by molar-refractivity contribution is -0.123. The molecule has 0 bridgehead atoms. The Morgan fingerprint density at radius 2 is 1.80 bits per heavy atom. The number of piperidine rings is 1. The van der Waals surface area contributed by atoms with E-state index < -0.39 is 0 Å². The van der Waals surface area contributed by atoms with Crippen LogP contribution in [0.25, 0.3) is 0 Å². The van der Waals surface area contributed by atoms with Crippen molar-refractivity contribution in [3.63, 3.8) is 0 Å². The van der Waals surface area contributed by atoms with Crippen molar-refractivity contribution in [3.8, 4) is 0 Å². The van der Waals surface area contributed by atoms with Gasteiger partial charge in [-0.05, 0) is 56.7 Å². The second kappa shape index (κ2) is 12.1. The van der Waals surface area contributed by atoms with Gasteiger partial charge in [0.25, 0.3) is 0 Å². The van der Waals surface area contributed by atoms with Crippen LogP contribution in [-0.4, -0.2) is 71.8 Å². The van der Waals surface area contributed by atoms with Crippen LogP contribution in [0.2, 0.25) is 0 Å². The summed E-state index contributed by atoms with van der Waals surface area (Å²) in [6, 6.07) is 10.5. The van der Waals surface area contributed by atoms with Crippen molar-refractivity contribution < 1.29 is 14.1 Å². The van der Waals surface area contributed by atoms with Gasteiger partial charge in [-0.1, -0.05) is 41.9 Å². The summed E-state index contributed by atoms with van der Waals surface area (Å²) in [6.45, 7) is 7.14. The van der Waals surface area contributed by atoms with Crippen molar-refractivity contribution in [1.29, 1.82) is 0 Å². The Bertz CT molecular complexity index is 918. The van der Waals surface area contributed by atoms with E-state index in [-0.39, 0.29) is 11.9 Å². The van der Waals surface area contributed by atoms with Gasteiger partial charge in [-0.3, -0.25) is 9.69 Å². The van der Waals surface area contributed by atoms with Crippen molar-refractivity contribution in [2.75, 3.05) is 45.9 Å². The van der Waals surface area contributed by atoms with E-state index in [0.29, 0.717) is 18.3 Å². The second-order valence-electron chi connectivity index (χ2n) is 10.4. The molecular formula is C27H39N5O3. The smallest absolute Gasteiger partial charge is 0.229 e. The molecular weight excluding hydrogens is 442 g/mol. The van der Waals surface area contributed by atoms with Crippen molar-refractivity contribution in [1.82, 2.24) is 25.3 Å². The van der Waals surface area contributed by atoms with Crippen LogP contribution in [0, 0.1) is 5.92 Å². The molecule has 3 fully saturated rings. The molecule has 1 amide bonds. The fourth-order valence-corrected chi connectivity index (χ4v) is 5.39. The highest BCUT2D eigenvalue weighted by atomic mass is 16.5. The molecule has 1 saturated carbocycles. The fourth-order valence-electron chi connectivity index (χ4n) is 5.39. The zero-order valence-corrected chi connectivity index (χ0v) is 20.7. The van der Waals surface area contributed by atoms with Crippen molar-refractivity contribution in [2.24, 2.45) is 5.92 Å². The van der Waals surface area contributed by atoms with Gasteiger partial charge < -0.3 is 19.5 Å². The molecule has 8 heteroatoms. The number of benzene rings is 1. The summed E-state index contributed by atoms with van der Waals surface area (Å²) in [7, 11) is 0. The van der Waals surface area contributed by atoms with Crippen LogP contribution < -0.4 is 5.32 Å². The molecule has 2 saturated heterocycles. The standard InChI is InChI=1S/C27H39N5O3/c33-26(19-21-5-4-6-21)28-24(22-7-2-1-3-8-22)11-14-31-12-9-23(10-13-31)27-29-25(30-35-27)20-32-15-17-34-18-16-32/h1-3,7-8,21,23-24H,4-6,9-20H2,(H,28,33)/t24-/m0/s1. The molecule has 35 heavy (non-hydrogen) atoms. The van der Waals surface area contributed by atoms with E-state index in [1.165, 1.54) is 24.8 Å². The highest BCUT2D eigenvalue weighted by molar-refractivity contribution is 5.76. The first kappa shape index (κ1) is 24.4. The minimum atomic E-state index is 0.0696. The molecule has 1 aliphatic carbocycles.